The summed E-state index contributed by atoms with van der Waals surface area (Å²) >= 11 is 0. The van der Waals surface area contributed by atoms with Gasteiger partial charge in [0.15, 0.2) is 0 Å². The van der Waals surface area contributed by atoms with Crippen LogP contribution in [0.1, 0.15) is 129 Å². The molecule has 0 saturated carbocycles. The Bertz CT molecular complexity index is 719. The van der Waals surface area contributed by atoms with Gasteiger partial charge < -0.3 is 0 Å². The van der Waals surface area contributed by atoms with E-state index in [4.69, 9.17) is 4.74 Å². The van der Waals surface area contributed by atoms with E-state index in [1.807, 2.05) is 0 Å². The first-order chi connectivity index (χ1) is 15.9. The molecule has 0 aromatic carbocycles. The van der Waals surface area contributed by atoms with E-state index in [1.165, 1.54) is 54.6 Å². The molecule has 0 aromatic heterocycles. The zero-order chi connectivity index (χ0) is 27.3. The van der Waals surface area contributed by atoms with Crippen LogP contribution in [0, 0.1) is 16.2 Å². The minimum absolute atomic E-state index is 0. The molecule has 3 heteroatoms. The minimum Gasteiger partial charge on any atom is -0.272 e. The Hall–Kier alpha value is -0.0957. The van der Waals surface area contributed by atoms with Gasteiger partial charge in [0.25, 0.3) is 0 Å². The average Bonchev–Trinajstić information content (AvgIpc) is 3.21. The summed E-state index contributed by atoms with van der Waals surface area (Å²) in [6.07, 6.45) is 22.4. The Morgan fingerprint density at radius 3 is 1.36 bits per heavy atom. The fourth-order valence-electron chi connectivity index (χ4n) is 3.83. The number of hydrogen-bond donors (Lipinski definition) is 0. The van der Waals surface area contributed by atoms with Gasteiger partial charge in [-0.15, -0.1) is 0 Å². The van der Waals surface area contributed by atoms with Crippen LogP contribution in [0.3, 0.4) is 0 Å². The summed E-state index contributed by atoms with van der Waals surface area (Å²) in [5.41, 5.74) is 5.37. The Balaban J connectivity index is 0. The van der Waals surface area contributed by atoms with Crippen molar-refractivity contribution in [3.05, 3.63) is 47.2 Å². The van der Waals surface area contributed by atoms with E-state index in [1.54, 1.807) is 0 Å². The molecule has 0 bridgehead atoms. The Morgan fingerprint density at radius 1 is 0.750 bits per heavy atom. The third-order valence-electron chi connectivity index (χ3n) is 6.57. The number of rotatable bonds is 10. The fraction of sp³-hybridized carbons (Fsp3) is 0.758. The second kappa shape index (κ2) is 17.5. The van der Waals surface area contributed by atoms with Crippen LogP contribution in [0.2, 0.25) is 0 Å². The van der Waals surface area contributed by atoms with E-state index in [-0.39, 0.29) is 21.7 Å². The van der Waals surface area contributed by atoms with Gasteiger partial charge in [0.05, 0.1) is 0 Å². The molecule has 0 spiro atoms. The van der Waals surface area contributed by atoms with E-state index in [2.05, 4.69) is 120 Å². The summed E-state index contributed by atoms with van der Waals surface area (Å²) in [4.78, 5) is 0. The number of nitrogens with zero attached hydrogens (tertiary/aromatic N) is 1. The van der Waals surface area contributed by atoms with Crippen molar-refractivity contribution in [1.82, 2.24) is 0 Å². The number of hydrogen-bond acceptors (Lipinski definition) is 1. The first-order valence-electron chi connectivity index (χ1n) is 14.2. The molecule has 0 fully saturated rings. The Kier molecular flexibility index (Phi) is 18.5. The molecule has 0 atom stereocenters. The maximum atomic E-state index is 5.53. The number of allylic oxidation sites excluding steroid dienone is 7. The van der Waals surface area contributed by atoms with Gasteiger partial charge >= 0.3 is 0 Å². The predicted molar refractivity (Wildman–Crippen MR) is 166 cm³/mol. The van der Waals surface area contributed by atoms with Gasteiger partial charge in [0, 0.05) is 33.8 Å². The summed E-state index contributed by atoms with van der Waals surface area (Å²) in [6.45, 7) is 30.1. The SMILES string of the molecule is CC(C)(C)CCP(CCC(C)(C)C)(CCC(C)(C)C)=NC1=CC=CC1.CCC=C(C)C(C)=CCC.[Ti]. The summed E-state index contributed by atoms with van der Waals surface area (Å²) in [6, 6.07) is 0. The third-order valence-corrected chi connectivity index (χ3v) is 10.4. The topological polar surface area (TPSA) is 12.4 Å². The normalized spacial score (nSPS) is 15.2. The maximum Gasteiger partial charge on any atom is 0.0425 e. The van der Waals surface area contributed by atoms with Crippen LogP contribution in [0.4, 0.5) is 0 Å². The van der Waals surface area contributed by atoms with Crippen LogP contribution >= 0.6 is 7.05 Å². The van der Waals surface area contributed by atoms with Gasteiger partial charge in [-0.05, 0) is 93.8 Å². The van der Waals surface area contributed by atoms with Gasteiger partial charge in [0.2, 0.25) is 0 Å². The second-order valence-electron chi connectivity index (χ2n) is 14.2. The monoisotopic (exact) mass is 551 g/mol. The fourth-order valence-corrected chi connectivity index (χ4v) is 8.76. The average molecular weight is 552 g/mol. The Labute approximate surface area is 243 Å². The van der Waals surface area contributed by atoms with E-state index in [0.717, 1.165) is 19.3 Å². The molecule has 0 unspecified atom stereocenters. The van der Waals surface area contributed by atoms with Crippen LogP contribution in [-0.4, -0.2) is 18.5 Å². The van der Waals surface area contributed by atoms with Crippen molar-refractivity contribution in [1.29, 1.82) is 0 Å². The van der Waals surface area contributed by atoms with E-state index < -0.39 is 7.05 Å². The van der Waals surface area contributed by atoms with Crippen LogP contribution in [-0.2, 0) is 21.7 Å². The molecule has 0 N–H and O–H groups in total. The van der Waals surface area contributed by atoms with Gasteiger partial charge in [-0.25, -0.2) is 0 Å². The van der Waals surface area contributed by atoms with Gasteiger partial charge in [-0.2, -0.15) is 0 Å². The van der Waals surface area contributed by atoms with E-state index in [9.17, 15) is 0 Å². The van der Waals surface area contributed by atoms with Crippen molar-refractivity contribution in [2.45, 2.75) is 129 Å². The largest absolute Gasteiger partial charge is 0.272 e. The molecule has 0 aromatic rings. The molecule has 0 radical (unpaired) electrons. The molecule has 1 nitrogen and oxygen atoms in total. The molecule has 208 valence electrons. The Morgan fingerprint density at radius 2 is 1.11 bits per heavy atom. The van der Waals surface area contributed by atoms with Crippen molar-refractivity contribution in [2.24, 2.45) is 21.0 Å². The molecule has 0 saturated heterocycles. The molecule has 0 heterocycles. The van der Waals surface area contributed by atoms with Crippen molar-refractivity contribution < 1.29 is 21.7 Å². The summed E-state index contributed by atoms with van der Waals surface area (Å²) < 4.78 is 5.53. The second-order valence-corrected chi connectivity index (χ2v) is 17.9. The first kappa shape index (κ1) is 38.1. The standard InChI is InChI=1S/C23H44NP.C10H18.Ti/c1-21(2,3)14-17-25(18-15-22(4,5)6,19-16-23(7,8)9)24-20-12-10-11-13-20;1-5-7-9(3)10(4)8-6-2;/h10-12H,13-19H2,1-9H3;7-8H,5-6H2,1-4H3;. The first-order valence-corrected chi connectivity index (χ1v) is 16.5. The minimum atomic E-state index is -1.32. The molecule has 1 rings (SSSR count). The quantitative estimate of drug-likeness (QED) is 0.145. The van der Waals surface area contributed by atoms with E-state index >= 15 is 0 Å². The van der Waals surface area contributed by atoms with Crippen molar-refractivity contribution in [2.75, 3.05) is 18.5 Å². The van der Waals surface area contributed by atoms with Crippen LogP contribution in [0.25, 0.3) is 0 Å². The van der Waals surface area contributed by atoms with Gasteiger partial charge in [0.1, 0.15) is 0 Å². The van der Waals surface area contributed by atoms with Crippen molar-refractivity contribution in [3.8, 4) is 0 Å². The summed E-state index contributed by atoms with van der Waals surface area (Å²) in [5, 5.41) is 0. The maximum absolute atomic E-state index is 5.53. The molecular weight excluding hydrogens is 489 g/mol. The van der Waals surface area contributed by atoms with Gasteiger partial charge in [-0.1, -0.05) is 112 Å². The van der Waals surface area contributed by atoms with Crippen LogP contribution in [0.5, 0.6) is 0 Å². The summed E-state index contributed by atoms with van der Waals surface area (Å²) in [5.74, 6) is 0. The van der Waals surface area contributed by atoms with Crippen molar-refractivity contribution in [3.63, 3.8) is 0 Å². The molecule has 1 aliphatic rings. The smallest absolute Gasteiger partial charge is 0.0425 e. The van der Waals surface area contributed by atoms with Crippen LogP contribution < -0.4 is 0 Å². The molecule has 36 heavy (non-hydrogen) atoms. The van der Waals surface area contributed by atoms with Crippen molar-refractivity contribution >= 4 is 7.05 Å². The molecular formula is C33H62NPTi. The zero-order valence-corrected chi connectivity index (χ0v) is 29.1. The van der Waals surface area contributed by atoms with Crippen LogP contribution in [0.15, 0.2) is 52.0 Å². The zero-order valence-electron chi connectivity index (χ0n) is 26.6. The summed E-state index contributed by atoms with van der Waals surface area (Å²) in [7, 11) is -1.32. The molecule has 0 amide bonds. The molecule has 1 aliphatic carbocycles. The van der Waals surface area contributed by atoms with Gasteiger partial charge in [-0.3, -0.25) is 4.74 Å². The predicted octanol–water partition coefficient (Wildman–Crippen LogP) is 12.0. The third kappa shape index (κ3) is 19.9. The van der Waals surface area contributed by atoms with E-state index in [0.29, 0.717) is 16.2 Å². The molecule has 0 aliphatic heterocycles.